The van der Waals surface area contributed by atoms with E-state index in [1.165, 1.54) is 6.07 Å². The first-order valence-electron chi connectivity index (χ1n) is 6.41. The molecule has 1 aromatic carbocycles. The van der Waals surface area contributed by atoms with Gasteiger partial charge in [-0.25, -0.2) is 0 Å². The van der Waals surface area contributed by atoms with Gasteiger partial charge in [-0.1, -0.05) is 26.3 Å². The minimum atomic E-state index is -4.44. The Bertz CT molecular complexity index is 486. The summed E-state index contributed by atoms with van der Waals surface area (Å²) in [6.07, 6.45) is -3.72. The lowest BCUT2D eigenvalue weighted by atomic mass is 9.99. The fourth-order valence-corrected chi connectivity index (χ4v) is 1.66. The third kappa shape index (κ3) is 3.96. The fourth-order valence-electron chi connectivity index (χ4n) is 1.66. The van der Waals surface area contributed by atoms with Gasteiger partial charge in [0.2, 0.25) is 5.91 Å². The van der Waals surface area contributed by atoms with Gasteiger partial charge < -0.3 is 11.1 Å². The topological polar surface area (TPSA) is 55.1 Å². The molecule has 6 heteroatoms. The molecule has 0 heterocycles. The molecular weight excluding hydrogens is 269 g/mol. The van der Waals surface area contributed by atoms with Crippen LogP contribution in [0.3, 0.4) is 0 Å². The van der Waals surface area contributed by atoms with Gasteiger partial charge in [0, 0.05) is 5.69 Å². The molecule has 0 aliphatic heterocycles. The first-order valence-corrected chi connectivity index (χ1v) is 6.41. The van der Waals surface area contributed by atoms with Gasteiger partial charge in [0.05, 0.1) is 11.6 Å². The zero-order valence-corrected chi connectivity index (χ0v) is 11.7. The van der Waals surface area contributed by atoms with Crippen molar-refractivity contribution in [2.75, 3.05) is 5.32 Å². The molecule has 3 N–H and O–H groups in total. The van der Waals surface area contributed by atoms with E-state index in [1.807, 2.05) is 13.8 Å². The summed E-state index contributed by atoms with van der Waals surface area (Å²) in [5.74, 6) is -0.511. The van der Waals surface area contributed by atoms with Crippen molar-refractivity contribution in [2.45, 2.75) is 39.4 Å². The molecule has 0 bridgehead atoms. The Balaban J connectivity index is 2.95. The molecule has 1 unspecified atom stereocenters. The second-order valence-corrected chi connectivity index (χ2v) is 4.93. The lowest BCUT2D eigenvalue weighted by Crippen LogP contribution is -2.40. The quantitative estimate of drug-likeness (QED) is 0.893. The van der Waals surface area contributed by atoms with Gasteiger partial charge in [0.1, 0.15) is 0 Å². The van der Waals surface area contributed by atoms with Crippen LogP contribution in [-0.4, -0.2) is 11.9 Å². The number of nitrogens with two attached hydrogens (primary N) is 1. The second-order valence-electron chi connectivity index (χ2n) is 4.93. The Hall–Kier alpha value is -1.56. The summed E-state index contributed by atoms with van der Waals surface area (Å²) in [7, 11) is 0. The number of halogens is 3. The number of hydrogen-bond acceptors (Lipinski definition) is 2. The van der Waals surface area contributed by atoms with E-state index in [1.54, 1.807) is 6.92 Å². The molecule has 3 nitrogen and oxygen atoms in total. The zero-order valence-electron chi connectivity index (χ0n) is 11.7. The number of amides is 1. The fraction of sp³-hybridized carbons (Fsp3) is 0.500. The van der Waals surface area contributed by atoms with E-state index in [2.05, 4.69) is 5.32 Å². The van der Waals surface area contributed by atoms with Crippen molar-refractivity contribution in [1.82, 2.24) is 0 Å². The summed E-state index contributed by atoms with van der Waals surface area (Å²) in [5, 5.41) is 2.47. The molecule has 1 aromatic rings. The third-order valence-electron chi connectivity index (χ3n) is 3.38. The van der Waals surface area contributed by atoms with Gasteiger partial charge in [-0.05, 0) is 30.5 Å². The van der Waals surface area contributed by atoms with Crippen molar-refractivity contribution in [3.8, 4) is 0 Å². The maximum atomic E-state index is 12.6. The number of hydrogen-bond donors (Lipinski definition) is 2. The van der Waals surface area contributed by atoms with Gasteiger partial charge >= 0.3 is 6.18 Å². The number of benzene rings is 1. The van der Waals surface area contributed by atoms with Gasteiger partial charge in [-0.15, -0.1) is 0 Å². The first-order chi connectivity index (χ1) is 9.16. The number of alkyl halides is 3. The largest absolute Gasteiger partial charge is 0.416 e. The summed E-state index contributed by atoms with van der Waals surface area (Å²) in [5.41, 5.74) is 5.66. The number of aryl methyl sites for hydroxylation is 1. The van der Waals surface area contributed by atoms with Gasteiger partial charge in [0.15, 0.2) is 0 Å². The number of rotatable bonds is 4. The number of carbonyl (C=O) groups excluding carboxylic acids is 1. The molecule has 0 aromatic heterocycles. The summed E-state index contributed by atoms with van der Waals surface area (Å²) >= 11 is 0. The highest BCUT2D eigenvalue weighted by Gasteiger charge is 2.31. The van der Waals surface area contributed by atoms with E-state index in [-0.39, 0.29) is 11.6 Å². The van der Waals surface area contributed by atoms with Crippen LogP contribution in [0.25, 0.3) is 0 Å². The molecular formula is C14H19F3N2O. The standard InChI is InChI=1S/C14H19F3N2O/c1-4-8(2)12(18)13(20)19-11-7-10(14(15,16)17)6-5-9(11)3/h5-8,12H,4,18H2,1-3H3,(H,19,20)/t8?,12-/m0/s1. The minimum Gasteiger partial charge on any atom is -0.324 e. The Kier molecular flexibility index (Phi) is 5.16. The zero-order chi connectivity index (χ0) is 15.5. The normalized spacial score (nSPS) is 14.8. The lowest BCUT2D eigenvalue weighted by molar-refractivity contribution is -0.137. The predicted octanol–water partition coefficient (Wildman–Crippen LogP) is 3.33. The minimum absolute atomic E-state index is 0.0406. The van der Waals surface area contributed by atoms with E-state index < -0.39 is 23.7 Å². The molecule has 0 saturated heterocycles. The van der Waals surface area contributed by atoms with Crippen LogP contribution < -0.4 is 11.1 Å². The highest BCUT2D eigenvalue weighted by Crippen LogP contribution is 2.32. The van der Waals surface area contributed by atoms with Crippen molar-refractivity contribution in [3.63, 3.8) is 0 Å². The molecule has 112 valence electrons. The maximum Gasteiger partial charge on any atom is 0.416 e. The van der Waals surface area contributed by atoms with E-state index in [9.17, 15) is 18.0 Å². The van der Waals surface area contributed by atoms with Crippen LogP contribution >= 0.6 is 0 Å². The van der Waals surface area contributed by atoms with Crippen molar-refractivity contribution in [1.29, 1.82) is 0 Å². The van der Waals surface area contributed by atoms with Crippen molar-refractivity contribution >= 4 is 11.6 Å². The van der Waals surface area contributed by atoms with E-state index in [4.69, 9.17) is 5.73 Å². The molecule has 2 atom stereocenters. The average Bonchev–Trinajstić information content (AvgIpc) is 2.38. The third-order valence-corrected chi connectivity index (χ3v) is 3.38. The summed E-state index contributed by atoms with van der Waals surface area (Å²) in [6.45, 7) is 5.35. The molecule has 0 spiro atoms. The van der Waals surface area contributed by atoms with Gasteiger partial charge in [0.25, 0.3) is 0 Å². The number of anilines is 1. The molecule has 0 aliphatic carbocycles. The van der Waals surface area contributed by atoms with E-state index >= 15 is 0 Å². The van der Waals surface area contributed by atoms with Gasteiger partial charge in [-0.3, -0.25) is 4.79 Å². The van der Waals surface area contributed by atoms with Crippen LogP contribution in [-0.2, 0) is 11.0 Å². The van der Waals surface area contributed by atoms with Gasteiger partial charge in [-0.2, -0.15) is 13.2 Å². The summed E-state index contributed by atoms with van der Waals surface area (Å²) in [4.78, 5) is 11.9. The highest BCUT2D eigenvalue weighted by atomic mass is 19.4. The van der Waals surface area contributed by atoms with Crippen LogP contribution in [0.15, 0.2) is 18.2 Å². The Morgan fingerprint density at radius 3 is 2.50 bits per heavy atom. The first kappa shape index (κ1) is 16.5. The highest BCUT2D eigenvalue weighted by molar-refractivity contribution is 5.95. The molecule has 1 amide bonds. The maximum absolute atomic E-state index is 12.6. The second kappa shape index (κ2) is 6.26. The van der Waals surface area contributed by atoms with Crippen molar-refractivity contribution in [3.05, 3.63) is 29.3 Å². The Labute approximate surface area is 116 Å². The van der Waals surface area contributed by atoms with Crippen LogP contribution in [0.1, 0.15) is 31.4 Å². The van der Waals surface area contributed by atoms with Crippen LogP contribution in [0, 0.1) is 12.8 Å². The number of carbonyl (C=O) groups is 1. The molecule has 0 fully saturated rings. The smallest absolute Gasteiger partial charge is 0.324 e. The Morgan fingerprint density at radius 2 is 2.00 bits per heavy atom. The molecule has 0 saturated carbocycles. The summed E-state index contributed by atoms with van der Waals surface area (Å²) < 4.78 is 37.9. The predicted molar refractivity (Wildman–Crippen MR) is 72.2 cm³/mol. The van der Waals surface area contributed by atoms with Crippen molar-refractivity contribution < 1.29 is 18.0 Å². The lowest BCUT2D eigenvalue weighted by Gasteiger charge is -2.19. The monoisotopic (exact) mass is 288 g/mol. The number of nitrogens with one attached hydrogen (secondary N) is 1. The van der Waals surface area contributed by atoms with Crippen molar-refractivity contribution in [2.24, 2.45) is 11.7 Å². The molecule has 1 rings (SSSR count). The SMILES string of the molecule is CCC(C)[C@H](N)C(=O)Nc1cc(C(F)(F)F)ccc1C. The van der Waals surface area contributed by atoms with Crippen LogP contribution in [0.4, 0.5) is 18.9 Å². The Morgan fingerprint density at radius 1 is 1.40 bits per heavy atom. The summed E-state index contributed by atoms with van der Waals surface area (Å²) in [6, 6.07) is 2.50. The molecule has 0 radical (unpaired) electrons. The van der Waals surface area contributed by atoms with E-state index in [0.29, 0.717) is 5.56 Å². The van der Waals surface area contributed by atoms with E-state index in [0.717, 1.165) is 18.6 Å². The molecule has 0 aliphatic rings. The van der Waals surface area contributed by atoms with Crippen LogP contribution in [0.2, 0.25) is 0 Å². The van der Waals surface area contributed by atoms with Crippen LogP contribution in [0.5, 0.6) is 0 Å². The average molecular weight is 288 g/mol. The molecule has 20 heavy (non-hydrogen) atoms.